The molecule has 3 N–H and O–H groups in total. The number of urea groups is 1. The number of nitrogens with one attached hydrogen (secondary N) is 2. The summed E-state index contributed by atoms with van der Waals surface area (Å²) in [6, 6.07) is 6.90. The molecular formula is C14H18N2O3S. The molecule has 0 aromatic heterocycles. The first-order chi connectivity index (χ1) is 9.58. The molecule has 1 unspecified atom stereocenters. The predicted molar refractivity (Wildman–Crippen MR) is 79.1 cm³/mol. The van der Waals surface area contributed by atoms with Gasteiger partial charge in [0.05, 0.1) is 6.42 Å². The molecule has 1 aromatic rings. The average molecular weight is 294 g/mol. The number of carboxylic acid groups (broad SMARTS) is 1. The maximum atomic E-state index is 11.9. The summed E-state index contributed by atoms with van der Waals surface area (Å²) in [5.41, 5.74) is 0.708. The molecule has 1 atom stereocenters. The number of anilines is 1. The molecule has 1 aliphatic carbocycles. The van der Waals surface area contributed by atoms with Crippen LogP contribution in [-0.4, -0.2) is 29.4 Å². The van der Waals surface area contributed by atoms with Crippen molar-refractivity contribution in [3.63, 3.8) is 0 Å². The molecular weight excluding hydrogens is 276 g/mol. The Balaban J connectivity index is 1.91. The topological polar surface area (TPSA) is 78.4 Å². The fourth-order valence-electron chi connectivity index (χ4n) is 2.06. The van der Waals surface area contributed by atoms with Crippen LogP contribution in [-0.2, 0) is 4.79 Å². The number of amides is 2. The molecule has 0 heterocycles. The van der Waals surface area contributed by atoms with E-state index in [1.54, 1.807) is 11.8 Å². The van der Waals surface area contributed by atoms with Crippen LogP contribution in [0, 0.1) is 5.92 Å². The Hall–Kier alpha value is -1.69. The number of carbonyl (C=O) groups excluding carboxylic acids is 1. The molecule has 6 heteroatoms. The number of hydrogen-bond acceptors (Lipinski definition) is 3. The number of carboxylic acids is 1. The van der Waals surface area contributed by atoms with E-state index in [1.165, 1.54) is 0 Å². The minimum atomic E-state index is -0.883. The molecule has 108 valence electrons. The zero-order valence-electron chi connectivity index (χ0n) is 11.3. The maximum absolute atomic E-state index is 11.9. The van der Waals surface area contributed by atoms with Crippen LogP contribution >= 0.6 is 11.8 Å². The highest BCUT2D eigenvalue weighted by Gasteiger charge is 2.33. The molecule has 20 heavy (non-hydrogen) atoms. The van der Waals surface area contributed by atoms with Gasteiger partial charge in [0.15, 0.2) is 0 Å². The fourth-order valence-corrected chi connectivity index (χ4v) is 2.52. The number of aliphatic carboxylic acids is 1. The normalized spacial score (nSPS) is 15.4. The zero-order valence-corrected chi connectivity index (χ0v) is 12.1. The Morgan fingerprint density at radius 3 is 2.80 bits per heavy atom. The van der Waals surface area contributed by atoms with E-state index >= 15 is 0 Å². The molecule has 0 aliphatic heterocycles. The second-order valence-electron chi connectivity index (χ2n) is 4.87. The summed E-state index contributed by atoms with van der Waals surface area (Å²) < 4.78 is 0. The third-order valence-corrected chi connectivity index (χ3v) is 3.96. The van der Waals surface area contributed by atoms with Crippen molar-refractivity contribution in [2.24, 2.45) is 5.92 Å². The van der Waals surface area contributed by atoms with Gasteiger partial charge in [-0.3, -0.25) is 4.79 Å². The van der Waals surface area contributed by atoms with Crippen molar-refractivity contribution in [3.05, 3.63) is 24.3 Å². The largest absolute Gasteiger partial charge is 0.481 e. The summed E-state index contributed by atoms with van der Waals surface area (Å²) in [6.45, 7) is 0. The molecule has 1 fully saturated rings. The molecule has 0 spiro atoms. The quantitative estimate of drug-likeness (QED) is 0.705. The number of rotatable bonds is 6. The van der Waals surface area contributed by atoms with Crippen LogP contribution in [0.5, 0.6) is 0 Å². The highest BCUT2D eigenvalue weighted by atomic mass is 32.2. The third-order valence-electron chi connectivity index (χ3n) is 3.23. The van der Waals surface area contributed by atoms with Gasteiger partial charge in [0.25, 0.3) is 0 Å². The Bertz CT molecular complexity index is 503. The van der Waals surface area contributed by atoms with Gasteiger partial charge in [-0.2, -0.15) is 0 Å². The molecule has 1 saturated carbocycles. The standard InChI is InChI=1S/C14H18N2O3S/c1-20-11-4-2-3-10(7-11)15-14(19)16-12(8-13(17)18)9-5-6-9/h2-4,7,9,12H,5-6,8H2,1H3,(H,17,18)(H2,15,16,19). The second kappa shape index (κ2) is 6.65. The highest BCUT2D eigenvalue weighted by Crippen LogP contribution is 2.34. The van der Waals surface area contributed by atoms with E-state index in [1.807, 2.05) is 30.5 Å². The van der Waals surface area contributed by atoms with Crippen LogP contribution in [0.3, 0.4) is 0 Å². The number of thioether (sulfide) groups is 1. The SMILES string of the molecule is CSc1cccc(NC(=O)NC(CC(=O)O)C2CC2)c1. The van der Waals surface area contributed by atoms with E-state index in [-0.39, 0.29) is 18.5 Å². The first kappa shape index (κ1) is 14.7. The van der Waals surface area contributed by atoms with E-state index in [0.29, 0.717) is 11.6 Å². The van der Waals surface area contributed by atoms with E-state index in [2.05, 4.69) is 10.6 Å². The van der Waals surface area contributed by atoms with Crippen LogP contribution in [0.2, 0.25) is 0 Å². The van der Waals surface area contributed by atoms with Crippen LogP contribution < -0.4 is 10.6 Å². The summed E-state index contributed by atoms with van der Waals surface area (Å²) in [6.07, 6.45) is 3.92. The average Bonchev–Trinajstić information content (AvgIpc) is 3.21. The Kier molecular flexibility index (Phi) is 4.89. The molecule has 0 radical (unpaired) electrons. The van der Waals surface area contributed by atoms with Gasteiger partial charge in [-0.05, 0) is 43.2 Å². The summed E-state index contributed by atoms with van der Waals surface area (Å²) in [4.78, 5) is 23.8. The van der Waals surface area contributed by atoms with Gasteiger partial charge < -0.3 is 15.7 Å². The van der Waals surface area contributed by atoms with Crippen molar-refractivity contribution < 1.29 is 14.7 Å². The molecule has 0 bridgehead atoms. The van der Waals surface area contributed by atoms with Crippen LogP contribution in [0.15, 0.2) is 29.2 Å². The van der Waals surface area contributed by atoms with Gasteiger partial charge in [-0.1, -0.05) is 6.07 Å². The summed E-state index contributed by atoms with van der Waals surface area (Å²) in [7, 11) is 0. The lowest BCUT2D eigenvalue weighted by molar-refractivity contribution is -0.137. The number of benzene rings is 1. The number of carbonyl (C=O) groups is 2. The van der Waals surface area contributed by atoms with Crippen molar-refractivity contribution in [3.8, 4) is 0 Å². The van der Waals surface area contributed by atoms with Gasteiger partial charge >= 0.3 is 12.0 Å². The molecule has 0 saturated heterocycles. The smallest absolute Gasteiger partial charge is 0.319 e. The minimum absolute atomic E-state index is 0.0249. The van der Waals surface area contributed by atoms with Crippen molar-refractivity contribution >= 4 is 29.4 Å². The van der Waals surface area contributed by atoms with E-state index in [0.717, 1.165) is 17.7 Å². The molecule has 5 nitrogen and oxygen atoms in total. The van der Waals surface area contributed by atoms with Crippen molar-refractivity contribution in [2.45, 2.75) is 30.2 Å². The predicted octanol–water partition coefficient (Wildman–Crippen LogP) is 2.78. The second-order valence-corrected chi connectivity index (χ2v) is 5.75. The zero-order chi connectivity index (χ0) is 14.5. The van der Waals surface area contributed by atoms with Gasteiger partial charge in [0.1, 0.15) is 0 Å². The monoisotopic (exact) mass is 294 g/mol. The Morgan fingerprint density at radius 2 is 2.20 bits per heavy atom. The minimum Gasteiger partial charge on any atom is -0.481 e. The van der Waals surface area contributed by atoms with Gasteiger partial charge in [-0.25, -0.2) is 4.79 Å². The third kappa shape index (κ3) is 4.45. The molecule has 1 aromatic carbocycles. The first-order valence-corrected chi connectivity index (χ1v) is 7.74. The van der Waals surface area contributed by atoms with Gasteiger partial charge in [-0.15, -0.1) is 11.8 Å². The van der Waals surface area contributed by atoms with E-state index < -0.39 is 5.97 Å². The lowest BCUT2D eigenvalue weighted by Gasteiger charge is -2.16. The van der Waals surface area contributed by atoms with Crippen molar-refractivity contribution in [2.75, 3.05) is 11.6 Å². The summed E-state index contributed by atoms with van der Waals surface area (Å²) in [5.74, 6) is -0.582. The molecule has 1 aliphatic rings. The van der Waals surface area contributed by atoms with Gasteiger partial charge in [0.2, 0.25) is 0 Å². The van der Waals surface area contributed by atoms with Crippen LogP contribution in [0.1, 0.15) is 19.3 Å². The van der Waals surface area contributed by atoms with Gasteiger partial charge in [0, 0.05) is 16.6 Å². The first-order valence-electron chi connectivity index (χ1n) is 6.52. The molecule has 2 rings (SSSR count). The van der Waals surface area contributed by atoms with Crippen molar-refractivity contribution in [1.82, 2.24) is 5.32 Å². The van der Waals surface area contributed by atoms with Crippen molar-refractivity contribution in [1.29, 1.82) is 0 Å². The summed E-state index contributed by atoms with van der Waals surface area (Å²) >= 11 is 1.60. The maximum Gasteiger partial charge on any atom is 0.319 e. The van der Waals surface area contributed by atoms with E-state index in [9.17, 15) is 9.59 Å². The fraction of sp³-hybridized carbons (Fsp3) is 0.429. The number of hydrogen-bond donors (Lipinski definition) is 3. The summed E-state index contributed by atoms with van der Waals surface area (Å²) in [5, 5.41) is 14.4. The Labute approximate surface area is 122 Å². The lowest BCUT2D eigenvalue weighted by Crippen LogP contribution is -2.40. The lowest BCUT2D eigenvalue weighted by atomic mass is 10.1. The highest BCUT2D eigenvalue weighted by molar-refractivity contribution is 7.98. The van der Waals surface area contributed by atoms with Crippen LogP contribution in [0.25, 0.3) is 0 Å². The molecule has 2 amide bonds. The Morgan fingerprint density at radius 1 is 1.45 bits per heavy atom. The van der Waals surface area contributed by atoms with Crippen LogP contribution in [0.4, 0.5) is 10.5 Å². The van der Waals surface area contributed by atoms with E-state index in [4.69, 9.17) is 5.11 Å².